The van der Waals surface area contributed by atoms with Crippen molar-refractivity contribution >= 4 is 11.6 Å². The number of aryl methyl sites for hydroxylation is 1. The summed E-state index contributed by atoms with van der Waals surface area (Å²) in [5.74, 6) is 0.646. The lowest BCUT2D eigenvalue weighted by atomic mass is 9.96. The van der Waals surface area contributed by atoms with Crippen molar-refractivity contribution in [3.05, 3.63) is 34.1 Å². The van der Waals surface area contributed by atoms with Crippen molar-refractivity contribution in [2.75, 3.05) is 26.2 Å². The monoisotopic (exact) mass is 296 g/mol. The predicted molar refractivity (Wildman–Crippen MR) is 80.7 cm³/mol. The van der Waals surface area contributed by atoms with E-state index >= 15 is 0 Å². The van der Waals surface area contributed by atoms with Crippen molar-refractivity contribution in [1.29, 1.82) is 0 Å². The van der Waals surface area contributed by atoms with Gasteiger partial charge in [-0.2, -0.15) is 0 Å². The number of piperazine rings is 1. The first kappa shape index (κ1) is 14.3. The van der Waals surface area contributed by atoms with E-state index in [0.717, 1.165) is 44.1 Å². The zero-order valence-corrected chi connectivity index (χ0v) is 12.7. The maximum Gasteiger partial charge on any atom is 0.132 e. The number of hydrogen-bond donors (Lipinski definition) is 1. The third-order valence-electron chi connectivity index (χ3n) is 4.50. The highest BCUT2D eigenvalue weighted by molar-refractivity contribution is 6.31. The van der Waals surface area contributed by atoms with Crippen LogP contribution in [0.25, 0.3) is 0 Å². The van der Waals surface area contributed by atoms with Gasteiger partial charge in [-0.3, -0.25) is 4.90 Å². The molecule has 1 heterocycles. The summed E-state index contributed by atoms with van der Waals surface area (Å²) in [6.45, 7) is 5.72. The van der Waals surface area contributed by atoms with Gasteiger partial charge in [0, 0.05) is 42.8 Å². The molecule has 1 aliphatic heterocycles. The second-order valence-electron chi connectivity index (χ2n) is 6.07. The highest BCUT2D eigenvalue weighted by atomic mass is 35.5. The van der Waals surface area contributed by atoms with E-state index in [1.807, 2.05) is 13.0 Å². The third kappa shape index (κ3) is 3.00. The van der Waals surface area contributed by atoms with Crippen molar-refractivity contribution in [2.45, 2.75) is 32.2 Å². The lowest BCUT2D eigenvalue weighted by Gasteiger charge is -2.36. The molecule has 1 aliphatic carbocycles. The summed E-state index contributed by atoms with van der Waals surface area (Å²) >= 11 is 6.34. The van der Waals surface area contributed by atoms with Gasteiger partial charge in [0.25, 0.3) is 0 Å². The second kappa shape index (κ2) is 6.00. The average molecular weight is 297 g/mol. The Morgan fingerprint density at radius 1 is 1.35 bits per heavy atom. The fourth-order valence-corrected chi connectivity index (χ4v) is 3.37. The van der Waals surface area contributed by atoms with Crippen LogP contribution in [-0.4, -0.2) is 31.1 Å². The van der Waals surface area contributed by atoms with Gasteiger partial charge in [-0.1, -0.05) is 30.5 Å². The van der Waals surface area contributed by atoms with Crippen molar-refractivity contribution in [3.8, 4) is 0 Å². The molecule has 0 amide bonds. The zero-order chi connectivity index (χ0) is 14.1. The molecule has 0 radical (unpaired) electrons. The molecule has 1 saturated heterocycles. The van der Waals surface area contributed by atoms with Crippen molar-refractivity contribution < 1.29 is 4.39 Å². The molecular weight excluding hydrogens is 275 g/mol. The van der Waals surface area contributed by atoms with Crippen LogP contribution in [0.3, 0.4) is 0 Å². The minimum absolute atomic E-state index is 0.110. The van der Waals surface area contributed by atoms with E-state index in [2.05, 4.69) is 10.2 Å². The molecule has 3 rings (SSSR count). The van der Waals surface area contributed by atoms with Gasteiger partial charge in [-0.05, 0) is 30.9 Å². The van der Waals surface area contributed by atoms with E-state index in [1.165, 1.54) is 12.8 Å². The summed E-state index contributed by atoms with van der Waals surface area (Å²) in [6, 6.07) is 3.75. The highest BCUT2D eigenvalue weighted by Gasteiger charge is 2.33. The molecular formula is C16H22ClFN2. The maximum atomic E-state index is 14.6. The van der Waals surface area contributed by atoms with Crippen molar-refractivity contribution in [2.24, 2.45) is 5.92 Å². The Kier molecular flexibility index (Phi) is 4.29. The first-order valence-electron chi connectivity index (χ1n) is 7.56. The molecule has 0 aromatic heterocycles. The Hall–Kier alpha value is -0.640. The van der Waals surface area contributed by atoms with Crippen molar-refractivity contribution in [3.63, 3.8) is 0 Å². The smallest absolute Gasteiger partial charge is 0.132 e. The Labute approximate surface area is 125 Å². The van der Waals surface area contributed by atoms with Gasteiger partial charge in [-0.25, -0.2) is 4.39 Å². The summed E-state index contributed by atoms with van der Waals surface area (Å²) in [5.41, 5.74) is 1.42. The molecule has 110 valence electrons. The lowest BCUT2D eigenvalue weighted by molar-refractivity contribution is 0.157. The van der Waals surface area contributed by atoms with Gasteiger partial charge in [0.15, 0.2) is 0 Å². The van der Waals surface area contributed by atoms with Gasteiger partial charge in [-0.15, -0.1) is 0 Å². The first-order valence-corrected chi connectivity index (χ1v) is 7.94. The Morgan fingerprint density at radius 2 is 2.05 bits per heavy atom. The molecule has 1 aromatic rings. The highest BCUT2D eigenvalue weighted by Crippen LogP contribution is 2.42. The van der Waals surface area contributed by atoms with Crippen LogP contribution in [0, 0.1) is 18.7 Å². The molecule has 4 heteroatoms. The molecule has 20 heavy (non-hydrogen) atoms. The van der Waals surface area contributed by atoms with E-state index < -0.39 is 0 Å². The number of hydrogen-bond acceptors (Lipinski definition) is 2. The molecule has 2 fully saturated rings. The van der Waals surface area contributed by atoms with Crippen LogP contribution in [-0.2, 0) is 0 Å². The van der Waals surface area contributed by atoms with E-state index in [1.54, 1.807) is 6.07 Å². The van der Waals surface area contributed by atoms with Crippen LogP contribution < -0.4 is 5.32 Å². The van der Waals surface area contributed by atoms with Gasteiger partial charge in [0.1, 0.15) is 5.82 Å². The molecule has 2 nitrogen and oxygen atoms in total. The summed E-state index contributed by atoms with van der Waals surface area (Å²) in [4.78, 5) is 2.40. The van der Waals surface area contributed by atoms with Gasteiger partial charge in [0.2, 0.25) is 0 Å². The summed E-state index contributed by atoms with van der Waals surface area (Å²) < 4.78 is 14.6. The zero-order valence-electron chi connectivity index (χ0n) is 12.0. The Bertz CT molecular complexity index is 482. The van der Waals surface area contributed by atoms with E-state index in [-0.39, 0.29) is 11.9 Å². The quantitative estimate of drug-likeness (QED) is 0.914. The van der Waals surface area contributed by atoms with Crippen LogP contribution in [0.15, 0.2) is 12.1 Å². The van der Waals surface area contributed by atoms with E-state index in [9.17, 15) is 4.39 Å². The maximum absolute atomic E-state index is 14.6. The summed E-state index contributed by atoms with van der Waals surface area (Å²) in [5, 5.41) is 3.94. The number of nitrogens with one attached hydrogen (secondary N) is 1. The van der Waals surface area contributed by atoms with Gasteiger partial charge >= 0.3 is 0 Å². The standard InChI is InChI=1S/C16H22ClFN2/c1-11-2-5-13(17)15(16(11)18)14(10-12-3-4-12)20-8-6-19-7-9-20/h2,5,12,14,19H,3-4,6-10H2,1H3/t14-/m0/s1. The molecule has 1 atom stereocenters. The number of benzene rings is 1. The van der Waals surface area contributed by atoms with Crippen LogP contribution in [0.5, 0.6) is 0 Å². The molecule has 2 aliphatic rings. The number of halogens is 2. The number of nitrogens with zero attached hydrogens (tertiary/aromatic N) is 1. The molecule has 1 N–H and O–H groups in total. The predicted octanol–water partition coefficient (Wildman–Crippen LogP) is 3.53. The Balaban J connectivity index is 1.93. The molecule has 0 bridgehead atoms. The second-order valence-corrected chi connectivity index (χ2v) is 6.48. The minimum atomic E-state index is -0.110. The Morgan fingerprint density at radius 3 is 2.70 bits per heavy atom. The fraction of sp³-hybridized carbons (Fsp3) is 0.625. The molecule has 0 spiro atoms. The largest absolute Gasteiger partial charge is 0.314 e. The summed E-state index contributed by atoms with van der Waals surface area (Å²) in [6.07, 6.45) is 3.61. The first-order chi connectivity index (χ1) is 9.66. The fourth-order valence-electron chi connectivity index (χ4n) is 3.10. The summed E-state index contributed by atoms with van der Waals surface area (Å²) in [7, 11) is 0. The van der Waals surface area contributed by atoms with Gasteiger partial charge in [0.05, 0.1) is 0 Å². The number of rotatable bonds is 4. The van der Waals surface area contributed by atoms with E-state index in [4.69, 9.17) is 11.6 Å². The normalized spacial score (nSPS) is 21.9. The molecule has 0 unspecified atom stereocenters. The SMILES string of the molecule is Cc1ccc(Cl)c([C@H](CC2CC2)N2CCNCC2)c1F. The minimum Gasteiger partial charge on any atom is -0.314 e. The van der Waals surface area contributed by atoms with Crippen LogP contribution in [0.4, 0.5) is 4.39 Å². The molecule has 1 aromatic carbocycles. The topological polar surface area (TPSA) is 15.3 Å². The van der Waals surface area contributed by atoms with Gasteiger partial charge < -0.3 is 5.32 Å². The van der Waals surface area contributed by atoms with Crippen molar-refractivity contribution in [1.82, 2.24) is 10.2 Å². The average Bonchev–Trinajstić information content (AvgIpc) is 3.27. The van der Waals surface area contributed by atoms with Crippen LogP contribution in [0.2, 0.25) is 5.02 Å². The lowest BCUT2D eigenvalue weighted by Crippen LogP contribution is -2.45. The van der Waals surface area contributed by atoms with E-state index in [0.29, 0.717) is 10.6 Å². The van der Waals surface area contributed by atoms with Crippen LogP contribution >= 0.6 is 11.6 Å². The molecule has 1 saturated carbocycles. The van der Waals surface area contributed by atoms with Crippen LogP contribution in [0.1, 0.15) is 36.4 Å². The third-order valence-corrected chi connectivity index (χ3v) is 4.83.